The van der Waals surface area contributed by atoms with Crippen LogP contribution in [0.3, 0.4) is 0 Å². The van der Waals surface area contributed by atoms with Crippen LogP contribution >= 0.6 is 0 Å². The van der Waals surface area contributed by atoms with Gasteiger partial charge in [0, 0.05) is 19.3 Å². The molecule has 0 radical (unpaired) electrons. The zero-order valence-electron chi connectivity index (χ0n) is 55.8. The van der Waals surface area contributed by atoms with Gasteiger partial charge in [0.05, 0.1) is 0 Å². The van der Waals surface area contributed by atoms with Gasteiger partial charge in [0.1, 0.15) is 13.2 Å². The number of rotatable bonds is 70. The van der Waals surface area contributed by atoms with Crippen molar-refractivity contribution >= 4 is 17.9 Å². The van der Waals surface area contributed by atoms with E-state index < -0.39 is 6.10 Å². The zero-order valence-corrected chi connectivity index (χ0v) is 55.8. The lowest BCUT2D eigenvalue weighted by Crippen LogP contribution is -2.30. The summed E-state index contributed by atoms with van der Waals surface area (Å²) in [6.07, 6.45) is 88.0. The minimum Gasteiger partial charge on any atom is -0.462 e. The number of carbonyl (C=O) groups is 3. The first kappa shape index (κ1) is 79.9. The van der Waals surface area contributed by atoms with E-state index in [1.165, 1.54) is 315 Å². The van der Waals surface area contributed by atoms with Crippen molar-refractivity contribution in [1.82, 2.24) is 0 Å². The van der Waals surface area contributed by atoms with Gasteiger partial charge in [0.2, 0.25) is 0 Å². The van der Waals surface area contributed by atoms with E-state index in [2.05, 4.69) is 45.1 Å². The Hall–Kier alpha value is -2.11. The molecule has 0 fully saturated rings. The molecule has 6 heteroatoms. The van der Waals surface area contributed by atoms with Gasteiger partial charge in [-0.2, -0.15) is 0 Å². The number of allylic oxidation sites excluding steroid dienone is 4. The van der Waals surface area contributed by atoms with Crippen LogP contribution in [0.1, 0.15) is 425 Å². The van der Waals surface area contributed by atoms with E-state index in [-0.39, 0.29) is 31.1 Å². The van der Waals surface area contributed by atoms with Gasteiger partial charge in [-0.05, 0) is 51.4 Å². The van der Waals surface area contributed by atoms with Crippen molar-refractivity contribution in [3.8, 4) is 0 Å². The number of ether oxygens (including phenoxy) is 3. The SMILES string of the molecule is CCCCC/C=C\C/C=C\CCCCCCCCCC(=O)OC(COC(=O)CCCCCCCCCCCCCCCCC)COC(=O)CCCCCCCCCCCCCCCCCCCCCCCCCCCCCCCCCC. The summed E-state index contributed by atoms with van der Waals surface area (Å²) in [5, 5.41) is 0. The molecule has 0 aliphatic carbocycles. The Balaban J connectivity index is 4.13. The summed E-state index contributed by atoms with van der Waals surface area (Å²) in [6, 6.07) is 0. The smallest absolute Gasteiger partial charge is 0.306 e. The fraction of sp³-hybridized carbons (Fsp3) is 0.908. The van der Waals surface area contributed by atoms with E-state index in [0.29, 0.717) is 19.3 Å². The molecule has 0 aliphatic rings. The Morgan fingerprint density at radius 3 is 0.695 bits per heavy atom. The molecule has 0 spiro atoms. The minimum absolute atomic E-state index is 0.0681. The van der Waals surface area contributed by atoms with Crippen LogP contribution in [0, 0.1) is 0 Å². The van der Waals surface area contributed by atoms with Gasteiger partial charge < -0.3 is 14.2 Å². The summed E-state index contributed by atoms with van der Waals surface area (Å²) < 4.78 is 17.0. The number of unbranched alkanes of at least 4 members (excludes halogenated alkanes) is 55. The fourth-order valence-electron chi connectivity index (χ4n) is 11.6. The molecule has 0 heterocycles. The Morgan fingerprint density at radius 2 is 0.439 bits per heavy atom. The third-order valence-electron chi connectivity index (χ3n) is 17.2. The fourth-order valence-corrected chi connectivity index (χ4v) is 11.6. The first-order valence-electron chi connectivity index (χ1n) is 37.3. The van der Waals surface area contributed by atoms with Gasteiger partial charge in [-0.3, -0.25) is 14.4 Å². The normalized spacial score (nSPS) is 12.1. The molecule has 0 saturated heterocycles. The van der Waals surface area contributed by atoms with Crippen molar-refractivity contribution in [2.24, 2.45) is 0 Å². The highest BCUT2D eigenvalue weighted by Gasteiger charge is 2.20. The van der Waals surface area contributed by atoms with Crippen molar-refractivity contribution in [3.63, 3.8) is 0 Å². The molecule has 0 rings (SSSR count). The molecule has 484 valence electrons. The van der Waals surface area contributed by atoms with E-state index in [1.807, 2.05) is 0 Å². The van der Waals surface area contributed by atoms with Crippen LogP contribution in [-0.2, 0) is 28.6 Å². The van der Waals surface area contributed by atoms with E-state index in [4.69, 9.17) is 14.2 Å². The first-order chi connectivity index (χ1) is 40.5. The van der Waals surface area contributed by atoms with E-state index >= 15 is 0 Å². The molecular formula is C76H144O6. The van der Waals surface area contributed by atoms with Gasteiger partial charge >= 0.3 is 17.9 Å². The number of esters is 3. The molecule has 0 saturated carbocycles. The maximum absolute atomic E-state index is 12.9. The summed E-state index contributed by atoms with van der Waals surface area (Å²) >= 11 is 0. The number of hydrogen-bond acceptors (Lipinski definition) is 6. The predicted molar refractivity (Wildman–Crippen MR) is 358 cm³/mol. The first-order valence-corrected chi connectivity index (χ1v) is 37.3. The second-order valence-electron chi connectivity index (χ2n) is 25.6. The van der Waals surface area contributed by atoms with E-state index in [9.17, 15) is 14.4 Å². The Morgan fingerprint density at radius 1 is 0.244 bits per heavy atom. The van der Waals surface area contributed by atoms with Crippen LogP contribution < -0.4 is 0 Å². The van der Waals surface area contributed by atoms with Crippen LogP contribution in [0.2, 0.25) is 0 Å². The third-order valence-corrected chi connectivity index (χ3v) is 17.2. The van der Waals surface area contributed by atoms with Crippen LogP contribution in [0.5, 0.6) is 0 Å². The van der Waals surface area contributed by atoms with Crippen LogP contribution in [-0.4, -0.2) is 37.2 Å². The lowest BCUT2D eigenvalue weighted by atomic mass is 10.0. The van der Waals surface area contributed by atoms with Gasteiger partial charge in [0.15, 0.2) is 6.10 Å². The largest absolute Gasteiger partial charge is 0.462 e. The molecule has 0 amide bonds. The minimum atomic E-state index is -0.773. The second kappa shape index (κ2) is 71.4. The Kier molecular flexibility index (Phi) is 69.5. The molecule has 82 heavy (non-hydrogen) atoms. The van der Waals surface area contributed by atoms with Gasteiger partial charge in [0.25, 0.3) is 0 Å². The zero-order chi connectivity index (χ0) is 59.2. The third kappa shape index (κ3) is 68.7. The quantitative estimate of drug-likeness (QED) is 0.0261. The molecule has 0 aromatic heterocycles. The highest BCUT2D eigenvalue weighted by molar-refractivity contribution is 5.71. The molecule has 1 unspecified atom stereocenters. The number of hydrogen-bond donors (Lipinski definition) is 0. The van der Waals surface area contributed by atoms with Crippen molar-refractivity contribution in [2.75, 3.05) is 13.2 Å². The predicted octanol–water partition coefficient (Wildman–Crippen LogP) is 25.7. The van der Waals surface area contributed by atoms with Gasteiger partial charge in [-0.15, -0.1) is 0 Å². The highest BCUT2D eigenvalue weighted by atomic mass is 16.6. The molecule has 0 bridgehead atoms. The van der Waals surface area contributed by atoms with Crippen molar-refractivity contribution in [2.45, 2.75) is 431 Å². The molecule has 0 aromatic rings. The Labute approximate surface area is 513 Å². The van der Waals surface area contributed by atoms with Gasteiger partial charge in [-0.1, -0.05) is 379 Å². The average Bonchev–Trinajstić information content (AvgIpc) is 3.47. The molecule has 0 aromatic carbocycles. The topological polar surface area (TPSA) is 78.9 Å². The second-order valence-corrected chi connectivity index (χ2v) is 25.6. The Bertz CT molecular complexity index is 1320. The van der Waals surface area contributed by atoms with Crippen molar-refractivity contribution < 1.29 is 28.6 Å². The number of carbonyl (C=O) groups excluding carboxylic acids is 3. The molecule has 6 nitrogen and oxygen atoms in total. The monoisotopic (exact) mass is 1150 g/mol. The molecule has 0 aliphatic heterocycles. The van der Waals surface area contributed by atoms with Crippen LogP contribution in [0.25, 0.3) is 0 Å². The molecular weight excluding hydrogens is 1010 g/mol. The van der Waals surface area contributed by atoms with Crippen molar-refractivity contribution in [3.05, 3.63) is 24.3 Å². The summed E-state index contributed by atoms with van der Waals surface area (Å²) in [4.78, 5) is 38.4. The highest BCUT2D eigenvalue weighted by Crippen LogP contribution is 2.19. The summed E-state index contributed by atoms with van der Waals surface area (Å²) in [6.45, 7) is 6.70. The van der Waals surface area contributed by atoms with E-state index in [0.717, 1.165) is 70.6 Å². The van der Waals surface area contributed by atoms with Gasteiger partial charge in [-0.25, -0.2) is 0 Å². The molecule has 1 atom stereocenters. The molecule has 0 N–H and O–H groups in total. The van der Waals surface area contributed by atoms with E-state index in [1.54, 1.807) is 0 Å². The summed E-state index contributed by atoms with van der Waals surface area (Å²) in [5.41, 5.74) is 0. The maximum atomic E-state index is 12.9. The lowest BCUT2D eigenvalue weighted by molar-refractivity contribution is -0.167. The lowest BCUT2D eigenvalue weighted by Gasteiger charge is -2.18. The van der Waals surface area contributed by atoms with Crippen LogP contribution in [0.15, 0.2) is 24.3 Å². The maximum Gasteiger partial charge on any atom is 0.306 e. The summed E-state index contributed by atoms with van der Waals surface area (Å²) in [5.74, 6) is -0.842. The standard InChI is InChI=1S/C76H144O6/c1-4-7-10-13-16-19-22-25-28-30-31-32-33-34-35-36-37-38-39-40-41-42-43-44-46-48-51-54-57-60-63-66-69-75(78)81-72-73(71-80-74(77)68-65-62-59-56-53-50-47-27-24-21-18-15-12-9-6-3)82-76(79)70-67-64-61-58-55-52-49-45-29-26-23-20-17-14-11-8-5-2/h17,20,26,29,73H,4-16,18-19,21-25,27-28,30-72H2,1-3H3/b20-17-,29-26-. The van der Waals surface area contributed by atoms with Crippen molar-refractivity contribution in [1.29, 1.82) is 0 Å². The average molecular weight is 1150 g/mol. The summed E-state index contributed by atoms with van der Waals surface area (Å²) in [7, 11) is 0. The van der Waals surface area contributed by atoms with Crippen LogP contribution in [0.4, 0.5) is 0 Å².